The number of aromatic nitrogens is 2. The van der Waals surface area contributed by atoms with Crippen LogP contribution in [0.15, 0.2) is 41.2 Å². The summed E-state index contributed by atoms with van der Waals surface area (Å²) >= 11 is 0. The van der Waals surface area contributed by atoms with Crippen LogP contribution in [0, 0.1) is 5.41 Å². The highest BCUT2D eigenvalue weighted by atomic mass is 16.2. The second-order valence-corrected chi connectivity index (χ2v) is 9.74. The van der Waals surface area contributed by atoms with Gasteiger partial charge in [-0.25, -0.2) is 4.98 Å². The van der Waals surface area contributed by atoms with Gasteiger partial charge in [-0.15, -0.1) is 0 Å². The number of carbonyl (C=O) groups is 1. The van der Waals surface area contributed by atoms with Crippen molar-refractivity contribution in [2.45, 2.75) is 69.6 Å². The molecule has 3 heterocycles. The number of hydrogen-bond donors (Lipinski definition) is 2. The van der Waals surface area contributed by atoms with Crippen molar-refractivity contribution in [3.05, 3.63) is 58.0 Å². The lowest BCUT2D eigenvalue weighted by atomic mass is 9.69. The van der Waals surface area contributed by atoms with Gasteiger partial charge in [-0.05, 0) is 38.3 Å². The van der Waals surface area contributed by atoms with E-state index in [1.54, 1.807) is 0 Å². The maximum absolute atomic E-state index is 13.9. The summed E-state index contributed by atoms with van der Waals surface area (Å²) in [5.41, 5.74) is 6.80. The molecule has 1 aliphatic carbocycles. The van der Waals surface area contributed by atoms with E-state index in [9.17, 15) is 9.59 Å². The van der Waals surface area contributed by atoms with Crippen LogP contribution in [0.4, 0.5) is 5.95 Å². The first-order chi connectivity index (χ1) is 14.9. The molecule has 2 saturated heterocycles. The van der Waals surface area contributed by atoms with Gasteiger partial charge in [0.25, 0.3) is 11.5 Å². The van der Waals surface area contributed by atoms with Crippen LogP contribution in [0.5, 0.6) is 0 Å². The maximum atomic E-state index is 13.9. The average molecular weight is 422 g/mol. The van der Waals surface area contributed by atoms with Gasteiger partial charge in [0.15, 0.2) is 0 Å². The van der Waals surface area contributed by atoms with Gasteiger partial charge >= 0.3 is 0 Å². The van der Waals surface area contributed by atoms with Crippen molar-refractivity contribution in [2.24, 2.45) is 5.41 Å². The fourth-order valence-corrected chi connectivity index (χ4v) is 6.70. The van der Waals surface area contributed by atoms with Gasteiger partial charge < -0.3 is 10.6 Å². The molecule has 3 fully saturated rings. The molecule has 3 N–H and O–H groups in total. The Hall–Kier alpha value is -2.67. The lowest BCUT2D eigenvalue weighted by Gasteiger charge is -2.51. The van der Waals surface area contributed by atoms with Crippen LogP contribution < -0.4 is 11.3 Å². The third-order valence-electron chi connectivity index (χ3n) is 8.03. The van der Waals surface area contributed by atoms with Crippen molar-refractivity contribution >= 4 is 11.9 Å². The number of fused-ring (bicyclic) bond motifs is 1. The van der Waals surface area contributed by atoms with Crippen LogP contribution in [0.2, 0.25) is 0 Å². The molecule has 0 radical (unpaired) electrons. The zero-order valence-corrected chi connectivity index (χ0v) is 18.3. The highest BCUT2D eigenvalue weighted by Crippen LogP contribution is 2.55. The van der Waals surface area contributed by atoms with Crippen molar-refractivity contribution in [3.8, 4) is 0 Å². The first-order valence-electron chi connectivity index (χ1n) is 11.3. The normalized spacial score (nSPS) is 32.6. The molecular weight excluding hydrogens is 390 g/mol. The second kappa shape index (κ2) is 7.48. The average Bonchev–Trinajstić information content (AvgIpc) is 2.85. The number of nitrogens with zero attached hydrogens (tertiary/aromatic N) is 3. The van der Waals surface area contributed by atoms with Gasteiger partial charge in [0, 0.05) is 29.6 Å². The Morgan fingerprint density at radius 1 is 1.23 bits per heavy atom. The molecule has 7 heteroatoms. The van der Waals surface area contributed by atoms with E-state index in [1.165, 1.54) is 24.5 Å². The number of nitrogens with two attached hydrogens (primary N) is 1. The van der Waals surface area contributed by atoms with E-state index in [4.69, 9.17) is 5.73 Å². The number of rotatable bonds is 3. The lowest BCUT2D eigenvalue weighted by Crippen LogP contribution is -2.61. The summed E-state index contributed by atoms with van der Waals surface area (Å²) in [4.78, 5) is 37.3. The number of hydrogen-bond acceptors (Lipinski definition) is 5. The van der Waals surface area contributed by atoms with Crippen molar-refractivity contribution in [1.29, 1.82) is 0 Å². The van der Waals surface area contributed by atoms with Crippen LogP contribution in [-0.4, -0.2) is 56.9 Å². The van der Waals surface area contributed by atoms with Crippen molar-refractivity contribution in [1.82, 2.24) is 19.8 Å². The number of amides is 1. The maximum Gasteiger partial charge on any atom is 0.273 e. The predicted octanol–water partition coefficient (Wildman–Crippen LogP) is 2.44. The molecule has 1 saturated carbocycles. The Labute approximate surface area is 182 Å². The van der Waals surface area contributed by atoms with E-state index in [1.807, 2.05) is 6.07 Å². The summed E-state index contributed by atoms with van der Waals surface area (Å²) < 4.78 is 0. The van der Waals surface area contributed by atoms with Crippen LogP contribution in [0.1, 0.15) is 55.1 Å². The van der Waals surface area contributed by atoms with Crippen molar-refractivity contribution in [2.75, 3.05) is 12.8 Å². The monoisotopic (exact) mass is 421 g/mol. The fourth-order valence-electron chi connectivity index (χ4n) is 6.70. The van der Waals surface area contributed by atoms with E-state index in [-0.39, 0.29) is 41.1 Å². The van der Waals surface area contributed by atoms with Crippen molar-refractivity contribution < 1.29 is 4.79 Å². The number of H-pyrrole nitrogens is 1. The molecule has 3 aliphatic rings. The number of likely N-dealkylation sites (N-methyl/N-ethyl adjacent to an activating group) is 1. The molecule has 7 nitrogen and oxygen atoms in total. The minimum Gasteiger partial charge on any atom is -0.369 e. The first kappa shape index (κ1) is 20.2. The Bertz CT molecular complexity index is 1040. The lowest BCUT2D eigenvalue weighted by molar-refractivity contribution is 0.00165. The van der Waals surface area contributed by atoms with Crippen LogP contribution >= 0.6 is 0 Å². The zero-order chi connectivity index (χ0) is 21.8. The number of aromatic amines is 1. The minimum absolute atomic E-state index is 0.0162. The van der Waals surface area contributed by atoms with Gasteiger partial charge in [-0.1, -0.05) is 50.1 Å². The highest BCUT2D eigenvalue weighted by molar-refractivity contribution is 5.93. The molecule has 1 amide bonds. The third-order valence-corrected chi connectivity index (χ3v) is 8.03. The number of nitrogen functional groups attached to an aromatic ring is 1. The van der Waals surface area contributed by atoms with E-state index in [2.05, 4.69) is 58.0 Å². The van der Waals surface area contributed by atoms with Gasteiger partial charge in [0.05, 0.1) is 6.04 Å². The van der Waals surface area contributed by atoms with E-state index < -0.39 is 5.56 Å². The summed E-state index contributed by atoms with van der Waals surface area (Å²) in [5, 5.41) is 0. The molecule has 2 bridgehead atoms. The molecule has 1 aromatic heterocycles. The fraction of sp³-hybridized carbons (Fsp3) is 0.542. The molecule has 164 valence electrons. The zero-order valence-electron chi connectivity index (χ0n) is 18.3. The Morgan fingerprint density at radius 3 is 2.65 bits per heavy atom. The summed E-state index contributed by atoms with van der Waals surface area (Å²) in [5.74, 6) is -0.187. The third kappa shape index (κ3) is 3.26. The molecule has 0 spiro atoms. The number of piperidine rings is 1. The second-order valence-electron chi connectivity index (χ2n) is 9.74. The summed E-state index contributed by atoms with van der Waals surface area (Å²) in [7, 11) is 2.23. The van der Waals surface area contributed by atoms with Gasteiger partial charge in [0.1, 0.15) is 5.69 Å². The van der Waals surface area contributed by atoms with E-state index in [0.29, 0.717) is 6.04 Å². The first-order valence-corrected chi connectivity index (χ1v) is 11.3. The van der Waals surface area contributed by atoms with Gasteiger partial charge in [-0.3, -0.25) is 19.5 Å². The molecule has 0 unspecified atom stereocenters. The number of carbonyl (C=O) groups excluding carboxylic acids is 1. The van der Waals surface area contributed by atoms with Crippen molar-refractivity contribution in [3.63, 3.8) is 0 Å². The molecular formula is C24H31N5O2. The Kier molecular flexibility index (Phi) is 4.88. The summed E-state index contributed by atoms with van der Waals surface area (Å²) in [6.07, 6.45) is 6.36. The SMILES string of the molecule is CN1[C@H]2CCCC[C@H]3N(C(=O)c4cc(=O)[nH]c(N)n4)[C@@H](Cc4ccccc4)[C@@H]1C[C@@]23C. The van der Waals surface area contributed by atoms with Crippen LogP contribution in [-0.2, 0) is 6.42 Å². The minimum atomic E-state index is -0.391. The molecule has 5 atom stereocenters. The Morgan fingerprint density at radius 2 is 1.94 bits per heavy atom. The molecule has 31 heavy (non-hydrogen) atoms. The van der Waals surface area contributed by atoms with Gasteiger partial charge in [-0.2, -0.15) is 0 Å². The number of nitrogens with one attached hydrogen (secondary N) is 1. The standard InChI is InChI=1S/C24H31N5O2/c1-24-14-18-17(12-15-8-4-3-5-9-15)29(20(24)11-7-6-10-19(24)28(18)2)22(31)16-13-21(30)27-23(25)26-16/h3-5,8-9,13,17-20H,6-7,10-12,14H2,1-2H3,(H3,25,26,27,30)/t17-,18-,19-,20+,24-/m0/s1. The summed E-state index contributed by atoms with van der Waals surface area (Å²) in [6, 6.07) is 12.6. The topological polar surface area (TPSA) is 95.3 Å². The smallest absolute Gasteiger partial charge is 0.273 e. The van der Waals surface area contributed by atoms with Crippen LogP contribution in [0.25, 0.3) is 0 Å². The summed E-state index contributed by atoms with van der Waals surface area (Å²) in [6.45, 7) is 2.36. The quantitative estimate of drug-likeness (QED) is 0.794. The Balaban J connectivity index is 1.62. The largest absolute Gasteiger partial charge is 0.369 e. The van der Waals surface area contributed by atoms with E-state index in [0.717, 1.165) is 25.7 Å². The van der Waals surface area contributed by atoms with Gasteiger partial charge in [0.2, 0.25) is 5.95 Å². The molecule has 5 rings (SSSR count). The predicted molar refractivity (Wildman–Crippen MR) is 120 cm³/mol. The van der Waals surface area contributed by atoms with E-state index >= 15 is 0 Å². The van der Waals surface area contributed by atoms with Crippen LogP contribution in [0.3, 0.4) is 0 Å². The number of likely N-dealkylation sites (tertiary alicyclic amines) is 2. The highest BCUT2D eigenvalue weighted by Gasteiger charge is 2.61. The number of benzene rings is 1. The molecule has 1 aromatic carbocycles. The number of anilines is 1. The molecule has 2 aromatic rings. The molecule has 2 aliphatic heterocycles.